The van der Waals surface area contributed by atoms with Crippen molar-refractivity contribution in [2.24, 2.45) is 0 Å². The van der Waals surface area contributed by atoms with Crippen LogP contribution in [0.2, 0.25) is 0 Å². The largest absolute Gasteiger partial charge is 0.507 e. The summed E-state index contributed by atoms with van der Waals surface area (Å²) in [5.41, 5.74) is 0.541. The minimum atomic E-state index is -0.701. The van der Waals surface area contributed by atoms with E-state index in [0.29, 0.717) is 10.4 Å². The normalized spacial score (nSPS) is 10.8. The van der Waals surface area contributed by atoms with Gasteiger partial charge < -0.3 is 10.3 Å². The molecule has 100 valence electrons. The Hall–Kier alpha value is -2.89. The fourth-order valence-corrected chi connectivity index (χ4v) is 2.11. The molecule has 1 aromatic carbocycles. The van der Waals surface area contributed by atoms with E-state index in [-0.39, 0.29) is 22.3 Å². The molecule has 0 amide bonds. The standard InChI is InChI=1S/C14H11N3O3/c1-8-12(18)10-11(9-5-3-2-4-6-9)15-7-16-13(10)17(20)14(8)19/h2-7,18,20H,1H3. The average molecular weight is 269 g/mol. The number of hydrogen-bond donors (Lipinski definition) is 2. The maximum Gasteiger partial charge on any atom is 0.291 e. The van der Waals surface area contributed by atoms with Crippen LogP contribution in [0.1, 0.15) is 5.56 Å². The second-order valence-electron chi connectivity index (χ2n) is 4.38. The third-order valence-corrected chi connectivity index (χ3v) is 3.18. The molecule has 0 saturated heterocycles. The van der Waals surface area contributed by atoms with Crippen LogP contribution >= 0.6 is 0 Å². The third kappa shape index (κ3) is 1.62. The Kier molecular flexibility index (Phi) is 2.64. The van der Waals surface area contributed by atoms with E-state index in [1.807, 2.05) is 30.3 Å². The number of aromatic hydroxyl groups is 1. The van der Waals surface area contributed by atoms with Gasteiger partial charge in [0.2, 0.25) is 0 Å². The van der Waals surface area contributed by atoms with Crippen molar-refractivity contribution in [1.82, 2.24) is 14.7 Å². The fraction of sp³-hybridized carbons (Fsp3) is 0.0714. The van der Waals surface area contributed by atoms with E-state index in [0.717, 1.165) is 5.56 Å². The summed E-state index contributed by atoms with van der Waals surface area (Å²) in [6, 6.07) is 9.18. The molecule has 0 aliphatic heterocycles. The molecule has 0 atom stereocenters. The molecule has 20 heavy (non-hydrogen) atoms. The smallest absolute Gasteiger partial charge is 0.291 e. The number of benzene rings is 1. The van der Waals surface area contributed by atoms with Gasteiger partial charge in [-0.25, -0.2) is 9.97 Å². The first-order chi connectivity index (χ1) is 9.61. The Morgan fingerprint density at radius 3 is 2.55 bits per heavy atom. The summed E-state index contributed by atoms with van der Waals surface area (Å²) in [5.74, 6) is -0.213. The lowest BCUT2D eigenvalue weighted by Crippen LogP contribution is -2.21. The van der Waals surface area contributed by atoms with Crippen LogP contribution in [0.25, 0.3) is 22.3 Å². The molecule has 0 radical (unpaired) electrons. The summed E-state index contributed by atoms with van der Waals surface area (Å²) in [5, 5.41) is 20.3. The molecule has 2 aromatic heterocycles. The van der Waals surface area contributed by atoms with E-state index < -0.39 is 5.56 Å². The fourth-order valence-electron chi connectivity index (χ4n) is 2.11. The SMILES string of the molecule is Cc1c(O)c2c(-c3ccccc3)ncnc2n(O)c1=O. The van der Waals surface area contributed by atoms with Crippen molar-refractivity contribution in [3.63, 3.8) is 0 Å². The van der Waals surface area contributed by atoms with Crippen molar-refractivity contribution >= 4 is 11.0 Å². The molecule has 0 bridgehead atoms. The van der Waals surface area contributed by atoms with Crippen LogP contribution in [0.5, 0.6) is 5.75 Å². The van der Waals surface area contributed by atoms with Gasteiger partial charge in [0.15, 0.2) is 5.65 Å². The number of rotatable bonds is 1. The number of hydrogen-bond acceptors (Lipinski definition) is 5. The molecule has 0 aliphatic carbocycles. The van der Waals surface area contributed by atoms with Crippen molar-refractivity contribution < 1.29 is 10.3 Å². The van der Waals surface area contributed by atoms with Gasteiger partial charge in [-0.15, -0.1) is 4.73 Å². The highest BCUT2D eigenvalue weighted by atomic mass is 16.5. The van der Waals surface area contributed by atoms with E-state index in [1.165, 1.54) is 13.3 Å². The van der Waals surface area contributed by atoms with Crippen molar-refractivity contribution in [3.05, 3.63) is 52.6 Å². The third-order valence-electron chi connectivity index (χ3n) is 3.18. The molecule has 6 nitrogen and oxygen atoms in total. The molecule has 2 heterocycles. The van der Waals surface area contributed by atoms with Crippen molar-refractivity contribution in [3.8, 4) is 17.0 Å². The Morgan fingerprint density at radius 1 is 1.15 bits per heavy atom. The van der Waals surface area contributed by atoms with E-state index >= 15 is 0 Å². The predicted molar refractivity (Wildman–Crippen MR) is 72.8 cm³/mol. The highest BCUT2D eigenvalue weighted by molar-refractivity contribution is 5.95. The van der Waals surface area contributed by atoms with Gasteiger partial charge in [0.25, 0.3) is 5.56 Å². The van der Waals surface area contributed by atoms with Gasteiger partial charge in [-0.2, -0.15) is 0 Å². The van der Waals surface area contributed by atoms with Gasteiger partial charge >= 0.3 is 0 Å². The highest BCUT2D eigenvalue weighted by Crippen LogP contribution is 2.32. The second-order valence-corrected chi connectivity index (χ2v) is 4.38. The minimum absolute atomic E-state index is 0.0213. The molecule has 2 N–H and O–H groups in total. The maximum absolute atomic E-state index is 11.7. The maximum atomic E-state index is 11.7. The van der Waals surface area contributed by atoms with Crippen molar-refractivity contribution in [2.45, 2.75) is 6.92 Å². The zero-order valence-electron chi connectivity index (χ0n) is 10.6. The first-order valence-electron chi connectivity index (χ1n) is 5.95. The lowest BCUT2D eigenvalue weighted by Gasteiger charge is -2.10. The summed E-state index contributed by atoms with van der Waals surface area (Å²) < 4.78 is 0.429. The molecule has 6 heteroatoms. The van der Waals surface area contributed by atoms with Gasteiger partial charge in [0, 0.05) is 5.56 Å². The van der Waals surface area contributed by atoms with Gasteiger partial charge in [-0.3, -0.25) is 4.79 Å². The van der Waals surface area contributed by atoms with Crippen molar-refractivity contribution in [2.75, 3.05) is 0 Å². The Morgan fingerprint density at radius 2 is 1.85 bits per heavy atom. The quantitative estimate of drug-likeness (QED) is 0.656. The molecule has 3 rings (SSSR count). The van der Waals surface area contributed by atoms with Crippen LogP contribution in [0.15, 0.2) is 41.5 Å². The van der Waals surface area contributed by atoms with Crippen molar-refractivity contribution in [1.29, 1.82) is 0 Å². The number of pyridine rings is 1. The molecule has 3 aromatic rings. The number of aromatic nitrogens is 3. The van der Waals surface area contributed by atoms with Crippen LogP contribution in [-0.4, -0.2) is 25.0 Å². The molecule has 0 aliphatic rings. The summed E-state index contributed by atoms with van der Waals surface area (Å²) in [6.45, 7) is 1.44. The lowest BCUT2D eigenvalue weighted by atomic mass is 10.1. The summed E-state index contributed by atoms with van der Waals surface area (Å²) >= 11 is 0. The monoisotopic (exact) mass is 269 g/mol. The molecule has 0 fully saturated rings. The first-order valence-corrected chi connectivity index (χ1v) is 5.95. The summed E-state index contributed by atoms with van der Waals surface area (Å²) in [6.07, 6.45) is 1.24. The summed E-state index contributed by atoms with van der Waals surface area (Å²) in [7, 11) is 0. The average Bonchev–Trinajstić information content (AvgIpc) is 2.51. The van der Waals surface area contributed by atoms with Gasteiger partial charge in [0.1, 0.15) is 12.1 Å². The highest BCUT2D eigenvalue weighted by Gasteiger charge is 2.18. The minimum Gasteiger partial charge on any atom is -0.507 e. The van der Waals surface area contributed by atoms with Gasteiger partial charge in [-0.1, -0.05) is 30.3 Å². The van der Waals surface area contributed by atoms with Crippen LogP contribution < -0.4 is 5.56 Å². The van der Waals surface area contributed by atoms with Crippen LogP contribution in [-0.2, 0) is 0 Å². The van der Waals surface area contributed by atoms with Crippen LogP contribution in [0.4, 0.5) is 0 Å². The van der Waals surface area contributed by atoms with Crippen LogP contribution in [0, 0.1) is 6.92 Å². The van der Waals surface area contributed by atoms with Crippen LogP contribution in [0.3, 0.4) is 0 Å². The topological polar surface area (TPSA) is 88.2 Å². The zero-order chi connectivity index (χ0) is 14.3. The van der Waals surface area contributed by atoms with Gasteiger partial charge in [-0.05, 0) is 6.92 Å². The summed E-state index contributed by atoms with van der Waals surface area (Å²) in [4.78, 5) is 19.8. The first kappa shape index (κ1) is 12.2. The molecule has 0 spiro atoms. The molecule has 0 saturated carbocycles. The van der Waals surface area contributed by atoms with E-state index in [9.17, 15) is 15.1 Å². The molecule has 0 unspecified atom stereocenters. The Bertz CT molecular complexity index is 857. The Balaban J connectivity index is 2.50. The molecular formula is C14H11N3O3. The second kappa shape index (κ2) is 4.34. The van der Waals surface area contributed by atoms with E-state index in [2.05, 4.69) is 9.97 Å². The molecular weight excluding hydrogens is 258 g/mol. The number of fused-ring (bicyclic) bond motifs is 1. The zero-order valence-corrected chi connectivity index (χ0v) is 10.6. The predicted octanol–water partition coefficient (Wildman–Crippen LogP) is 1.71. The van der Waals surface area contributed by atoms with Gasteiger partial charge in [0.05, 0.1) is 16.6 Å². The van der Waals surface area contributed by atoms with E-state index in [4.69, 9.17) is 0 Å². The lowest BCUT2D eigenvalue weighted by molar-refractivity contribution is 0.185. The van der Waals surface area contributed by atoms with E-state index in [1.54, 1.807) is 0 Å². The number of nitrogens with zero attached hydrogens (tertiary/aromatic N) is 3. The Labute approximate surface area is 113 Å².